The molecule has 0 radical (unpaired) electrons. The highest BCUT2D eigenvalue weighted by atomic mass is 16.4. The van der Waals surface area contributed by atoms with Crippen LogP contribution in [0.2, 0.25) is 0 Å². The summed E-state index contributed by atoms with van der Waals surface area (Å²) >= 11 is 0. The number of benzene rings is 1. The molecule has 2 nitrogen and oxygen atoms in total. The van der Waals surface area contributed by atoms with E-state index in [0.29, 0.717) is 5.76 Å². The summed E-state index contributed by atoms with van der Waals surface area (Å²) in [6.07, 6.45) is 10.8. The molecule has 0 spiro atoms. The van der Waals surface area contributed by atoms with Crippen molar-refractivity contribution in [2.24, 2.45) is 0 Å². The van der Waals surface area contributed by atoms with Crippen molar-refractivity contribution >= 4 is 6.08 Å². The Morgan fingerprint density at radius 1 is 1.04 bits per heavy atom. The van der Waals surface area contributed by atoms with Crippen molar-refractivity contribution in [3.05, 3.63) is 64.0 Å². The Labute approximate surface area is 138 Å². The molecule has 0 amide bonds. The Kier molecular flexibility index (Phi) is 6.86. The highest BCUT2D eigenvalue weighted by molar-refractivity contribution is 5.72. The van der Waals surface area contributed by atoms with Crippen LogP contribution < -0.4 is 5.63 Å². The summed E-state index contributed by atoms with van der Waals surface area (Å²) in [5.41, 5.74) is 2.85. The molecule has 0 atom stereocenters. The molecule has 0 N–H and O–H groups in total. The summed E-state index contributed by atoms with van der Waals surface area (Å²) in [7, 11) is 0. The summed E-state index contributed by atoms with van der Waals surface area (Å²) in [5, 5.41) is 0. The van der Waals surface area contributed by atoms with Gasteiger partial charge in [-0.05, 0) is 24.8 Å². The molecule has 1 aromatic carbocycles. The van der Waals surface area contributed by atoms with Crippen LogP contribution in [0.15, 0.2) is 51.7 Å². The third kappa shape index (κ3) is 4.95. The number of hydrogen-bond acceptors (Lipinski definition) is 2. The first kappa shape index (κ1) is 17.3. The van der Waals surface area contributed by atoms with Crippen LogP contribution in [0.5, 0.6) is 0 Å². The maximum Gasteiger partial charge on any atom is 0.336 e. The zero-order chi connectivity index (χ0) is 16.5. The predicted molar refractivity (Wildman–Crippen MR) is 97.6 cm³/mol. The van der Waals surface area contributed by atoms with Gasteiger partial charge in [-0.25, -0.2) is 4.79 Å². The maximum absolute atomic E-state index is 12.0. The molecule has 0 aliphatic carbocycles. The molecular formula is C21H26O2. The minimum absolute atomic E-state index is 0.261. The van der Waals surface area contributed by atoms with Gasteiger partial charge in [0.2, 0.25) is 0 Å². The molecule has 0 unspecified atom stereocenters. The fourth-order valence-corrected chi connectivity index (χ4v) is 2.68. The first-order valence-electron chi connectivity index (χ1n) is 8.65. The molecule has 1 heterocycles. The van der Waals surface area contributed by atoms with Crippen LogP contribution in [0.25, 0.3) is 17.4 Å². The average Bonchev–Trinajstić information content (AvgIpc) is 2.57. The fourth-order valence-electron chi connectivity index (χ4n) is 2.68. The van der Waals surface area contributed by atoms with Gasteiger partial charge in [0, 0.05) is 17.2 Å². The van der Waals surface area contributed by atoms with Gasteiger partial charge in [0.15, 0.2) is 0 Å². The summed E-state index contributed by atoms with van der Waals surface area (Å²) in [6, 6.07) is 11.6. The average molecular weight is 310 g/mol. The molecule has 2 heteroatoms. The lowest BCUT2D eigenvalue weighted by Crippen LogP contribution is -2.05. The first-order valence-corrected chi connectivity index (χ1v) is 8.65. The lowest BCUT2D eigenvalue weighted by atomic mass is 9.97. The zero-order valence-electron chi connectivity index (χ0n) is 14.2. The Morgan fingerprint density at radius 3 is 2.52 bits per heavy atom. The van der Waals surface area contributed by atoms with E-state index in [2.05, 4.69) is 26.0 Å². The fraction of sp³-hybridized carbons (Fsp3) is 0.381. The molecule has 0 bridgehead atoms. The molecule has 0 aliphatic rings. The summed E-state index contributed by atoms with van der Waals surface area (Å²) in [5.74, 6) is 0.692. The standard InChI is InChI=1S/C21H26O2/c1-3-5-8-14-18-16-20(22)23-21(17-12-10-7-11-13-17)19(18)15-9-6-4-2/h7,9-13,15-16H,3-6,8,14H2,1-2H3/b15-9+. The van der Waals surface area contributed by atoms with Crippen molar-refractivity contribution in [2.75, 3.05) is 0 Å². The molecule has 0 saturated heterocycles. The first-order chi connectivity index (χ1) is 11.3. The largest absolute Gasteiger partial charge is 0.422 e. The Balaban J connectivity index is 2.48. The highest BCUT2D eigenvalue weighted by Gasteiger charge is 2.12. The van der Waals surface area contributed by atoms with Crippen molar-refractivity contribution in [2.45, 2.75) is 52.4 Å². The zero-order valence-corrected chi connectivity index (χ0v) is 14.2. The van der Waals surface area contributed by atoms with Gasteiger partial charge >= 0.3 is 5.63 Å². The van der Waals surface area contributed by atoms with Crippen LogP contribution in [0, 0.1) is 0 Å². The second kappa shape index (κ2) is 9.14. The van der Waals surface area contributed by atoms with E-state index in [4.69, 9.17) is 4.42 Å². The van der Waals surface area contributed by atoms with Crippen molar-refractivity contribution in [1.82, 2.24) is 0 Å². The molecule has 1 aromatic heterocycles. The smallest absolute Gasteiger partial charge is 0.336 e. The monoisotopic (exact) mass is 310 g/mol. The quantitative estimate of drug-likeness (QED) is 0.572. The molecule has 0 saturated carbocycles. The van der Waals surface area contributed by atoms with Gasteiger partial charge in [-0.15, -0.1) is 0 Å². The molecule has 2 rings (SSSR count). The summed E-state index contributed by atoms with van der Waals surface area (Å²) < 4.78 is 5.57. The number of rotatable bonds is 8. The third-order valence-electron chi connectivity index (χ3n) is 3.91. The Hall–Kier alpha value is -2.09. The van der Waals surface area contributed by atoms with Crippen LogP contribution in [-0.4, -0.2) is 0 Å². The van der Waals surface area contributed by atoms with Gasteiger partial charge in [-0.3, -0.25) is 0 Å². The van der Waals surface area contributed by atoms with Crippen molar-refractivity contribution in [3.63, 3.8) is 0 Å². The minimum Gasteiger partial charge on any atom is -0.422 e. The van der Waals surface area contributed by atoms with Crippen LogP contribution in [0.1, 0.15) is 57.1 Å². The van der Waals surface area contributed by atoms with Gasteiger partial charge in [0.25, 0.3) is 0 Å². The van der Waals surface area contributed by atoms with E-state index in [-0.39, 0.29) is 5.63 Å². The number of unbranched alkanes of at least 4 members (excludes halogenated alkanes) is 3. The number of aryl methyl sites for hydroxylation is 1. The molecular weight excluding hydrogens is 284 g/mol. The number of allylic oxidation sites excluding steroid dienone is 1. The third-order valence-corrected chi connectivity index (χ3v) is 3.91. The second-order valence-corrected chi connectivity index (χ2v) is 5.85. The predicted octanol–water partition coefficient (Wildman–Crippen LogP) is 5.85. The van der Waals surface area contributed by atoms with Crippen LogP contribution in [0.3, 0.4) is 0 Å². The normalized spacial score (nSPS) is 11.2. The van der Waals surface area contributed by atoms with E-state index in [1.807, 2.05) is 30.3 Å². The highest BCUT2D eigenvalue weighted by Crippen LogP contribution is 2.27. The van der Waals surface area contributed by atoms with Gasteiger partial charge in [-0.2, -0.15) is 0 Å². The van der Waals surface area contributed by atoms with E-state index in [0.717, 1.165) is 42.4 Å². The van der Waals surface area contributed by atoms with E-state index in [1.165, 1.54) is 12.8 Å². The SMILES string of the molecule is CCC/C=C/c1c(CCCCC)cc(=O)oc1-c1ccccc1. The van der Waals surface area contributed by atoms with E-state index < -0.39 is 0 Å². The van der Waals surface area contributed by atoms with Gasteiger partial charge in [-0.1, -0.05) is 75.6 Å². The maximum atomic E-state index is 12.0. The topological polar surface area (TPSA) is 30.2 Å². The molecule has 0 aliphatic heterocycles. The van der Waals surface area contributed by atoms with Crippen molar-refractivity contribution in [3.8, 4) is 11.3 Å². The molecule has 2 aromatic rings. The lowest BCUT2D eigenvalue weighted by molar-refractivity contribution is 0.521. The minimum atomic E-state index is -0.261. The van der Waals surface area contributed by atoms with E-state index in [9.17, 15) is 4.79 Å². The van der Waals surface area contributed by atoms with Crippen LogP contribution in [0.4, 0.5) is 0 Å². The van der Waals surface area contributed by atoms with Gasteiger partial charge in [0.05, 0.1) is 0 Å². The Morgan fingerprint density at radius 2 is 1.83 bits per heavy atom. The lowest BCUT2D eigenvalue weighted by Gasteiger charge is -2.10. The van der Waals surface area contributed by atoms with E-state index >= 15 is 0 Å². The van der Waals surface area contributed by atoms with Crippen LogP contribution >= 0.6 is 0 Å². The molecule has 0 fully saturated rings. The van der Waals surface area contributed by atoms with Gasteiger partial charge < -0.3 is 4.42 Å². The summed E-state index contributed by atoms with van der Waals surface area (Å²) in [4.78, 5) is 12.0. The summed E-state index contributed by atoms with van der Waals surface area (Å²) in [6.45, 7) is 4.35. The molecule has 122 valence electrons. The van der Waals surface area contributed by atoms with Crippen molar-refractivity contribution in [1.29, 1.82) is 0 Å². The molecule has 23 heavy (non-hydrogen) atoms. The van der Waals surface area contributed by atoms with Crippen LogP contribution in [-0.2, 0) is 6.42 Å². The number of hydrogen-bond donors (Lipinski definition) is 0. The van der Waals surface area contributed by atoms with E-state index in [1.54, 1.807) is 6.07 Å². The Bertz CT molecular complexity index is 681. The van der Waals surface area contributed by atoms with Crippen molar-refractivity contribution < 1.29 is 4.42 Å². The second-order valence-electron chi connectivity index (χ2n) is 5.85. The van der Waals surface area contributed by atoms with Gasteiger partial charge in [0.1, 0.15) is 5.76 Å².